The van der Waals surface area contributed by atoms with Crippen molar-refractivity contribution in [3.63, 3.8) is 0 Å². The van der Waals surface area contributed by atoms with Crippen LogP contribution in [-0.2, 0) is 16.1 Å². The normalized spacial score (nSPS) is 17.2. The summed E-state index contributed by atoms with van der Waals surface area (Å²) in [6.45, 7) is 3.08. The summed E-state index contributed by atoms with van der Waals surface area (Å²) in [5.41, 5.74) is 5.98. The van der Waals surface area contributed by atoms with Crippen LogP contribution >= 0.6 is 11.8 Å². The van der Waals surface area contributed by atoms with Gasteiger partial charge in [-0.15, -0.1) is 0 Å². The first kappa shape index (κ1) is 19.4. The first-order chi connectivity index (χ1) is 13.0. The Balaban J connectivity index is 1.83. The van der Waals surface area contributed by atoms with E-state index >= 15 is 0 Å². The summed E-state index contributed by atoms with van der Waals surface area (Å²) in [5, 5.41) is 1.10. The Hall–Kier alpha value is -2.35. The maximum absolute atomic E-state index is 12.8. The van der Waals surface area contributed by atoms with E-state index in [9.17, 15) is 14.4 Å². The number of nitrogens with two attached hydrogens (primary N) is 1. The number of para-hydroxylation sites is 1. The van der Waals surface area contributed by atoms with E-state index in [4.69, 9.17) is 5.73 Å². The second kappa shape index (κ2) is 8.56. The first-order valence-electron chi connectivity index (χ1n) is 9.24. The van der Waals surface area contributed by atoms with Crippen LogP contribution in [0.5, 0.6) is 0 Å². The zero-order valence-corrected chi connectivity index (χ0v) is 16.2. The molecule has 7 nitrogen and oxygen atoms in total. The molecule has 1 aliphatic heterocycles. The van der Waals surface area contributed by atoms with Crippen molar-refractivity contribution >= 4 is 34.5 Å². The van der Waals surface area contributed by atoms with Gasteiger partial charge in [-0.25, -0.2) is 4.98 Å². The predicted molar refractivity (Wildman–Crippen MR) is 106 cm³/mol. The summed E-state index contributed by atoms with van der Waals surface area (Å²) >= 11 is 1.24. The molecule has 0 bridgehead atoms. The average Bonchev–Trinajstić information content (AvgIpc) is 2.68. The number of amides is 2. The topological polar surface area (TPSA) is 98.3 Å². The number of likely N-dealkylation sites (tertiary alicyclic amines) is 1. The lowest BCUT2D eigenvalue weighted by Crippen LogP contribution is -2.51. The van der Waals surface area contributed by atoms with Gasteiger partial charge in [-0.2, -0.15) is 0 Å². The molecule has 1 saturated heterocycles. The second-order valence-corrected chi connectivity index (χ2v) is 7.60. The number of benzene rings is 1. The Bertz CT molecular complexity index is 911. The van der Waals surface area contributed by atoms with Crippen molar-refractivity contribution in [3.05, 3.63) is 34.6 Å². The number of rotatable bonds is 6. The number of hydrogen-bond donors (Lipinski definition) is 1. The van der Waals surface area contributed by atoms with E-state index < -0.39 is 11.9 Å². The van der Waals surface area contributed by atoms with Gasteiger partial charge in [0.05, 0.1) is 16.7 Å². The van der Waals surface area contributed by atoms with Crippen molar-refractivity contribution < 1.29 is 9.59 Å². The number of thioether (sulfide) groups is 1. The predicted octanol–water partition coefficient (Wildman–Crippen LogP) is 1.76. The van der Waals surface area contributed by atoms with Crippen LogP contribution in [0.15, 0.2) is 34.2 Å². The van der Waals surface area contributed by atoms with Crippen LogP contribution < -0.4 is 11.3 Å². The summed E-state index contributed by atoms with van der Waals surface area (Å²) in [6, 6.07) is 6.69. The number of carbonyl (C=O) groups is 2. The summed E-state index contributed by atoms with van der Waals surface area (Å²) in [6.07, 6.45) is 3.17. The van der Waals surface area contributed by atoms with Crippen molar-refractivity contribution in [2.75, 3.05) is 12.3 Å². The third-order valence-electron chi connectivity index (χ3n) is 4.75. The highest BCUT2D eigenvalue weighted by Gasteiger charge is 2.30. The van der Waals surface area contributed by atoms with E-state index in [2.05, 4.69) is 4.98 Å². The maximum Gasteiger partial charge on any atom is 0.262 e. The summed E-state index contributed by atoms with van der Waals surface area (Å²) < 4.78 is 1.63. The molecule has 1 atom stereocenters. The second-order valence-electron chi connectivity index (χ2n) is 6.66. The largest absolute Gasteiger partial charge is 0.368 e. The molecule has 1 aliphatic rings. The molecular formula is C19H24N4O3S. The minimum absolute atomic E-state index is 0.0922. The summed E-state index contributed by atoms with van der Waals surface area (Å²) in [4.78, 5) is 43.3. The Morgan fingerprint density at radius 1 is 1.30 bits per heavy atom. The van der Waals surface area contributed by atoms with Gasteiger partial charge in [-0.3, -0.25) is 19.0 Å². The van der Waals surface area contributed by atoms with Crippen LogP contribution in [0.1, 0.15) is 32.6 Å². The lowest BCUT2D eigenvalue weighted by Gasteiger charge is -2.33. The van der Waals surface area contributed by atoms with Crippen LogP contribution in [0.2, 0.25) is 0 Å². The molecule has 0 unspecified atom stereocenters. The molecule has 27 heavy (non-hydrogen) atoms. The maximum atomic E-state index is 12.8. The smallest absolute Gasteiger partial charge is 0.262 e. The standard InChI is InChI=1S/C19H24N4O3S/c1-2-10-23-18(26)13-7-3-4-8-14(13)21-19(23)27-12-16(24)22-11-6-5-9-15(22)17(20)25/h3-4,7-8,15H,2,5-6,9-12H2,1H3,(H2,20,25)/t15-/m1/s1. The summed E-state index contributed by atoms with van der Waals surface area (Å²) in [7, 11) is 0. The SMILES string of the molecule is CCCn1c(SCC(=O)N2CCCC[C@@H]2C(N)=O)nc2ccccc2c1=O. The van der Waals surface area contributed by atoms with Crippen molar-refractivity contribution in [2.24, 2.45) is 5.73 Å². The van der Waals surface area contributed by atoms with Crippen molar-refractivity contribution in [1.29, 1.82) is 0 Å². The molecule has 2 amide bonds. The third-order valence-corrected chi connectivity index (χ3v) is 5.71. The van der Waals surface area contributed by atoms with Crippen molar-refractivity contribution in [1.82, 2.24) is 14.5 Å². The molecule has 1 fully saturated rings. The Morgan fingerprint density at radius 3 is 2.81 bits per heavy atom. The molecule has 1 aromatic heterocycles. The molecule has 1 aromatic carbocycles. The Labute approximate surface area is 161 Å². The highest BCUT2D eigenvalue weighted by Crippen LogP contribution is 2.22. The van der Waals surface area contributed by atoms with Crippen LogP contribution in [0.3, 0.4) is 0 Å². The lowest BCUT2D eigenvalue weighted by atomic mass is 10.0. The van der Waals surface area contributed by atoms with Crippen LogP contribution in [0.25, 0.3) is 10.9 Å². The van der Waals surface area contributed by atoms with Crippen molar-refractivity contribution in [2.45, 2.75) is 50.4 Å². The molecule has 0 spiro atoms. The number of primary amides is 1. The van der Waals surface area contributed by atoms with Gasteiger partial charge in [-0.05, 0) is 37.8 Å². The number of carbonyl (C=O) groups excluding carboxylic acids is 2. The zero-order chi connectivity index (χ0) is 19.4. The Kier molecular flexibility index (Phi) is 6.15. The van der Waals surface area contributed by atoms with Gasteiger partial charge >= 0.3 is 0 Å². The monoisotopic (exact) mass is 388 g/mol. The molecule has 0 aliphatic carbocycles. The minimum atomic E-state index is -0.533. The number of piperidine rings is 1. The molecule has 2 heterocycles. The van der Waals surface area contributed by atoms with E-state index in [-0.39, 0.29) is 17.2 Å². The fourth-order valence-corrected chi connectivity index (χ4v) is 4.33. The number of fused-ring (bicyclic) bond motifs is 1. The zero-order valence-electron chi connectivity index (χ0n) is 15.4. The van der Waals surface area contributed by atoms with Gasteiger partial charge in [-0.1, -0.05) is 30.8 Å². The Morgan fingerprint density at radius 2 is 2.07 bits per heavy atom. The van der Waals surface area contributed by atoms with Gasteiger partial charge in [0, 0.05) is 13.1 Å². The highest BCUT2D eigenvalue weighted by molar-refractivity contribution is 7.99. The fourth-order valence-electron chi connectivity index (χ4n) is 3.41. The molecule has 0 saturated carbocycles. The van der Waals surface area contributed by atoms with E-state index in [1.807, 2.05) is 19.1 Å². The number of aromatic nitrogens is 2. The fraction of sp³-hybridized carbons (Fsp3) is 0.474. The van der Waals surface area contributed by atoms with Crippen LogP contribution in [0, 0.1) is 0 Å². The third kappa shape index (κ3) is 4.16. The van der Waals surface area contributed by atoms with E-state index in [0.29, 0.717) is 35.6 Å². The van der Waals surface area contributed by atoms with E-state index in [0.717, 1.165) is 19.3 Å². The van der Waals surface area contributed by atoms with E-state index in [1.54, 1.807) is 21.6 Å². The minimum Gasteiger partial charge on any atom is -0.368 e. The molecule has 2 N–H and O–H groups in total. The average molecular weight is 388 g/mol. The molecule has 8 heteroatoms. The first-order valence-corrected chi connectivity index (χ1v) is 10.2. The molecule has 0 radical (unpaired) electrons. The highest BCUT2D eigenvalue weighted by atomic mass is 32.2. The molecule has 144 valence electrons. The van der Waals surface area contributed by atoms with Crippen LogP contribution in [0.4, 0.5) is 0 Å². The van der Waals surface area contributed by atoms with Gasteiger partial charge in [0.2, 0.25) is 11.8 Å². The van der Waals surface area contributed by atoms with Gasteiger partial charge in [0.15, 0.2) is 5.16 Å². The summed E-state index contributed by atoms with van der Waals surface area (Å²) in [5.74, 6) is -0.480. The molecule has 2 aromatic rings. The molecular weight excluding hydrogens is 364 g/mol. The van der Waals surface area contributed by atoms with Gasteiger partial charge in [0.25, 0.3) is 5.56 Å². The lowest BCUT2D eigenvalue weighted by molar-refractivity contribution is -0.138. The van der Waals surface area contributed by atoms with Gasteiger partial charge < -0.3 is 10.6 Å². The van der Waals surface area contributed by atoms with E-state index in [1.165, 1.54) is 11.8 Å². The van der Waals surface area contributed by atoms with Crippen molar-refractivity contribution in [3.8, 4) is 0 Å². The number of hydrogen-bond acceptors (Lipinski definition) is 5. The molecule has 3 rings (SSSR count). The van der Waals surface area contributed by atoms with Crippen LogP contribution in [-0.4, -0.2) is 44.6 Å². The quantitative estimate of drug-likeness (QED) is 0.601. The van der Waals surface area contributed by atoms with Gasteiger partial charge in [0.1, 0.15) is 6.04 Å². The number of nitrogens with zero attached hydrogens (tertiary/aromatic N) is 3.